The summed E-state index contributed by atoms with van der Waals surface area (Å²) in [6.45, 7) is 1.77. The maximum Gasteiger partial charge on any atom is 0.416 e. The Morgan fingerprint density at radius 3 is 1.83 bits per heavy atom. The Morgan fingerprint density at radius 2 is 1.29 bits per heavy atom. The highest BCUT2D eigenvalue weighted by atomic mass is 19.4. The number of rotatable bonds is 1. The zero-order valence-corrected chi connectivity index (χ0v) is 12.5. The molecule has 2 aromatic carbocycles. The second kappa shape index (κ2) is 5.40. The van der Waals surface area contributed by atoms with Crippen molar-refractivity contribution >= 4 is 11.1 Å². The van der Waals surface area contributed by atoms with Gasteiger partial charge >= 0.3 is 12.4 Å². The van der Waals surface area contributed by atoms with Crippen LogP contribution in [0.25, 0.3) is 11.1 Å². The van der Waals surface area contributed by atoms with Crippen LogP contribution in [0.1, 0.15) is 34.7 Å². The highest BCUT2D eigenvalue weighted by Crippen LogP contribution is 2.41. The van der Waals surface area contributed by atoms with Crippen molar-refractivity contribution in [2.24, 2.45) is 0 Å². The summed E-state index contributed by atoms with van der Waals surface area (Å²) in [4.78, 5) is 0. The van der Waals surface area contributed by atoms with Gasteiger partial charge in [-0.25, -0.2) is 0 Å². The van der Waals surface area contributed by atoms with E-state index < -0.39 is 23.5 Å². The molecule has 0 aromatic heterocycles. The fourth-order valence-corrected chi connectivity index (χ4v) is 2.95. The summed E-state index contributed by atoms with van der Waals surface area (Å²) in [5, 5.41) is 0. The molecule has 126 valence electrons. The first-order valence-corrected chi connectivity index (χ1v) is 7.15. The number of hydrogen-bond acceptors (Lipinski definition) is 0. The first kappa shape index (κ1) is 16.6. The molecule has 0 radical (unpaired) electrons. The van der Waals surface area contributed by atoms with Gasteiger partial charge in [0.15, 0.2) is 0 Å². The van der Waals surface area contributed by atoms with Crippen LogP contribution in [0.3, 0.4) is 0 Å². The number of halogens is 6. The van der Waals surface area contributed by atoms with Crippen LogP contribution < -0.4 is 0 Å². The van der Waals surface area contributed by atoms with E-state index in [1.165, 1.54) is 18.2 Å². The number of fused-ring (bicyclic) bond motifs is 1. The standard InChI is InChI=1S/C18H12F6/c1-10-15-7-6-14(18(22,23)24)8-12(15)9-16(10)11-2-4-13(5-3-11)17(19,20)21/h2-8H,9H2,1H3. The zero-order chi connectivity index (χ0) is 17.7. The Bertz CT molecular complexity index is 807. The van der Waals surface area contributed by atoms with E-state index in [1.807, 2.05) is 0 Å². The van der Waals surface area contributed by atoms with Gasteiger partial charge in [0.25, 0.3) is 0 Å². The van der Waals surface area contributed by atoms with Crippen LogP contribution in [0.15, 0.2) is 42.5 Å². The molecular formula is C18H12F6. The maximum atomic E-state index is 12.8. The van der Waals surface area contributed by atoms with E-state index in [0.717, 1.165) is 35.4 Å². The van der Waals surface area contributed by atoms with Crippen molar-refractivity contribution in [3.05, 3.63) is 70.3 Å². The Kier molecular flexibility index (Phi) is 3.73. The summed E-state index contributed by atoms with van der Waals surface area (Å²) in [5.41, 5.74) is 1.90. The quantitative estimate of drug-likeness (QED) is 0.540. The summed E-state index contributed by atoms with van der Waals surface area (Å²) in [5.74, 6) is 0. The van der Waals surface area contributed by atoms with E-state index in [2.05, 4.69) is 0 Å². The normalized spacial score (nSPS) is 15.0. The predicted molar refractivity (Wildman–Crippen MR) is 79.1 cm³/mol. The van der Waals surface area contributed by atoms with Crippen LogP contribution in [0.5, 0.6) is 0 Å². The molecule has 1 aliphatic rings. The van der Waals surface area contributed by atoms with Crippen LogP contribution >= 0.6 is 0 Å². The molecule has 1 aliphatic carbocycles. The van der Waals surface area contributed by atoms with Crippen molar-refractivity contribution in [1.29, 1.82) is 0 Å². The molecule has 0 saturated carbocycles. The first-order valence-electron chi connectivity index (χ1n) is 7.15. The van der Waals surface area contributed by atoms with Crippen LogP contribution in [0.2, 0.25) is 0 Å². The van der Waals surface area contributed by atoms with Gasteiger partial charge < -0.3 is 0 Å². The molecule has 0 nitrogen and oxygen atoms in total. The van der Waals surface area contributed by atoms with E-state index in [0.29, 0.717) is 16.7 Å². The van der Waals surface area contributed by atoms with Gasteiger partial charge in [-0.1, -0.05) is 18.2 Å². The van der Waals surface area contributed by atoms with Crippen molar-refractivity contribution in [1.82, 2.24) is 0 Å². The average molecular weight is 342 g/mol. The Labute approximate surface area is 134 Å². The molecule has 0 spiro atoms. The molecule has 0 amide bonds. The average Bonchev–Trinajstić information content (AvgIpc) is 2.82. The predicted octanol–water partition coefficient (Wildman–Crippen LogP) is 6.21. The molecule has 0 atom stereocenters. The van der Waals surface area contributed by atoms with E-state index in [1.54, 1.807) is 6.92 Å². The van der Waals surface area contributed by atoms with E-state index in [4.69, 9.17) is 0 Å². The lowest BCUT2D eigenvalue weighted by atomic mass is 10.00. The van der Waals surface area contributed by atoms with Gasteiger partial charge in [0, 0.05) is 0 Å². The SMILES string of the molecule is CC1=C(c2ccc(C(F)(F)F)cc2)Cc2cc(C(F)(F)F)ccc21. The minimum absolute atomic E-state index is 0.274. The molecule has 0 bridgehead atoms. The fraction of sp³-hybridized carbons (Fsp3) is 0.222. The van der Waals surface area contributed by atoms with Gasteiger partial charge in [0.1, 0.15) is 0 Å². The second-order valence-electron chi connectivity index (χ2n) is 5.73. The van der Waals surface area contributed by atoms with E-state index >= 15 is 0 Å². The zero-order valence-electron chi connectivity index (χ0n) is 12.5. The lowest BCUT2D eigenvalue weighted by Gasteiger charge is -2.09. The summed E-state index contributed by atoms with van der Waals surface area (Å²) in [6, 6.07) is 8.24. The van der Waals surface area contributed by atoms with Crippen LogP contribution in [-0.4, -0.2) is 0 Å². The molecule has 3 rings (SSSR count). The topological polar surface area (TPSA) is 0 Å². The highest BCUT2D eigenvalue weighted by molar-refractivity contribution is 5.96. The number of allylic oxidation sites excluding steroid dienone is 2. The third kappa shape index (κ3) is 2.92. The fourth-order valence-electron chi connectivity index (χ4n) is 2.95. The Morgan fingerprint density at radius 1 is 0.750 bits per heavy atom. The van der Waals surface area contributed by atoms with Gasteiger partial charge in [0.2, 0.25) is 0 Å². The smallest absolute Gasteiger partial charge is 0.166 e. The van der Waals surface area contributed by atoms with Crippen molar-refractivity contribution in [3.8, 4) is 0 Å². The molecule has 0 N–H and O–H groups in total. The Hall–Kier alpha value is -2.24. The molecular weight excluding hydrogens is 330 g/mol. The van der Waals surface area contributed by atoms with Gasteiger partial charge in [0.05, 0.1) is 11.1 Å². The van der Waals surface area contributed by atoms with E-state index in [9.17, 15) is 26.3 Å². The van der Waals surface area contributed by atoms with Crippen LogP contribution in [0, 0.1) is 0 Å². The van der Waals surface area contributed by atoms with Crippen LogP contribution in [-0.2, 0) is 18.8 Å². The molecule has 0 heterocycles. The number of hydrogen-bond donors (Lipinski definition) is 0. The highest BCUT2D eigenvalue weighted by Gasteiger charge is 2.33. The van der Waals surface area contributed by atoms with Crippen molar-refractivity contribution in [2.45, 2.75) is 25.7 Å². The third-order valence-electron chi connectivity index (χ3n) is 4.22. The minimum atomic E-state index is -4.42. The maximum absolute atomic E-state index is 12.8. The monoisotopic (exact) mass is 342 g/mol. The first-order chi connectivity index (χ1) is 11.1. The number of benzene rings is 2. The molecule has 6 heteroatoms. The summed E-state index contributed by atoms with van der Waals surface area (Å²) >= 11 is 0. The van der Waals surface area contributed by atoms with E-state index in [-0.39, 0.29) is 6.42 Å². The minimum Gasteiger partial charge on any atom is -0.166 e. The molecule has 0 saturated heterocycles. The van der Waals surface area contributed by atoms with Crippen molar-refractivity contribution < 1.29 is 26.3 Å². The van der Waals surface area contributed by atoms with Gasteiger partial charge in [-0.2, -0.15) is 26.3 Å². The number of alkyl halides is 6. The molecule has 0 unspecified atom stereocenters. The van der Waals surface area contributed by atoms with Crippen LogP contribution in [0.4, 0.5) is 26.3 Å². The van der Waals surface area contributed by atoms with Crippen molar-refractivity contribution in [3.63, 3.8) is 0 Å². The van der Waals surface area contributed by atoms with Gasteiger partial charge in [-0.3, -0.25) is 0 Å². The second-order valence-corrected chi connectivity index (χ2v) is 5.73. The molecule has 0 fully saturated rings. The lowest BCUT2D eigenvalue weighted by Crippen LogP contribution is -2.05. The summed E-state index contributed by atoms with van der Waals surface area (Å²) in [7, 11) is 0. The molecule has 0 aliphatic heterocycles. The Balaban J connectivity index is 1.95. The van der Waals surface area contributed by atoms with Crippen molar-refractivity contribution in [2.75, 3.05) is 0 Å². The van der Waals surface area contributed by atoms with Gasteiger partial charge in [-0.05, 0) is 65.4 Å². The lowest BCUT2D eigenvalue weighted by molar-refractivity contribution is -0.138. The molecule has 24 heavy (non-hydrogen) atoms. The largest absolute Gasteiger partial charge is 0.416 e. The molecule has 2 aromatic rings. The summed E-state index contributed by atoms with van der Waals surface area (Å²) < 4.78 is 76.3. The third-order valence-corrected chi connectivity index (χ3v) is 4.22. The summed E-state index contributed by atoms with van der Waals surface area (Å²) in [6.07, 6.45) is -8.56. The van der Waals surface area contributed by atoms with Gasteiger partial charge in [-0.15, -0.1) is 0 Å².